The molecular weight excluding hydrogens is 415 g/mol. The minimum atomic E-state index is -0.207. The molecule has 0 fully saturated rings. The molecule has 0 spiro atoms. The van der Waals surface area contributed by atoms with E-state index in [1.165, 1.54) is 12.1 Å². The van der Waals surface area contributed by atoms with Crippen LogP contribution in [0.2, 0.25) is 25.1 Å². The molecular formula is C16H12Cl5NO2. The molecule has 0 unspecified atom stereocenters. The van der Waals surface area contributed by atoms with Gasteiger partial charge in [-0.05, 0) is 36.8 Å². The summed E-state index contributed by atoms with van der Waals surface area (Å²) in [4.78, 5) is 11.9. The number of halogens is 5. The van der Waals surface area contributed by atoms with Crippen LogP contribution < -0.4 is 10.1 Å². The van der Waals surface area contributed by atoms with E-state index in [4.69, 9.17) is 62.7 Å². The lowest BCUT2D eigenvalue weighted by molar-refractivity contribution is -0.116. The number of ether oxygens (including phenoxy) is 1. The van der Waals surface area contributed by atoms with Crippen LogP contribution in [0, 0.1) is 0 Å². The van der Waals surface area contributed by atoms with Crippen molar-refractivity contribution in [3.63, 3.8) is 0 Å². The summed E-state index contributed by atoms with van der Waals surface area (Å²) < 4.78 is 5.52. The highest BCUT2D eigenvalue weighted by atomic mass is 35.5. The summed E-state index contributed by atoms with van der Waals surface area (Å²) in [5.41, 5.74) is 0.415. The Morgan fingerprint density at radius 1 is 0.917 bits per heavy atom. The van der Waals surface area contributed by atoms with Crippen LogP contribution in [0.3, 0.4) is 0 Å². The Balaban J connectivity index is 1.80. The van der Waals surface area contributed by atoms with Crippen molar-refractivity contribution < 1.29 is 9.53 Å². The number of hydrogen-bond donors (Lipinski definition) is 1. The SMILES string of the molecule is O=C(CCCOc1ccc(Cl)cc1Cl)Nc1cc(Cl)c(Cl)cc1Cl. The first-order valence-electron chi connectivity index (χ1n) is 6.89. The van der Waals surface area contributed by atoms with E-state index in [0.29, 0.717) is 49.6 Å². The molecule has 0 radical (unpaired) electrons. The Kier molecular flexibility index (Phi) is 7.33. The molecule has 1 amide bonds. The van der Waals surface area contributed by atoms with Crippen molar-refractivity contribution in [2.24, 2.45) is 0 Å². The van der Waals surface area contributed by atoms with Crippen LogP contribution in [0.1, 0.15) is 12.8 Å². The Hall–Kier alpha value is -0.840. The molecule has 0 aliphatic carbocycles. The zero-order valence-electron chi connectivity index (χ0n) is 12.2. The van der Waals surface area contributed by atoms with E-state index < -0.39 is 0 Å². The highest BCUT2D eigenvalue weighted by Gasteiger charge is 2.10. The highest BCUT2D eigenvalue weighted by molar-refractivity contribution is 6.44. The maximum Gasteiger partial charge on any atom is 0.224 e. The van der Waals surface area contributed by atoms with E-state index in [2.05, 4.69) is 5.32 Å². The van der Waals surface area contributed by atoms with Gasteiger partial charge in [-0.1, -0.05) is 58.0 Å². The standard InChI is InChI=1S/C16H12Cl5NO2/c17-9-3-4-15(13(21)6-9)24-5-1-2-16(23)22-14-8-11(19)10(18)7-12(14)20/h3-4,6-8H,1-2,5H2,(H,22,23). The topological polar surface area (TPSA) is 38.3 Å². The third-order valence-electron chi connectivity index (χ3n) is 2.98. The largest absolute Gasteiger partial charge is 0.492 e. The average Bonchev–Trinajstić information content (AvgIpc) is 2.51. The fraction of sp³-hybridized carbons (Fsp3) is 0.188. The molecule has 0 saturated carbocycles. The molecule has 0 saturated heterocycles. The summed E-state index contributed by atoms with van der Waals surface area (Å²) in [6.45, 7) is 0.337. The van der Waals surface area contributed by atoms with Crippen molar-refractivity contribution in [2.45, 2.75) is 12.8 Å². The van der Waals surface area contributed by atoms with Crippen molar-refractivity contribution in [3.05, 3.63) is 55.4 Å². The molecule has 128 valence electrons. The molecule has 8 heteroatoms. The Morgan fingerprint density at radius 2 is 1.62 bits per heavy atom. The molecule has 0 aliphatic heterocycles. The summed E-state index contributed by atoms with van der Waals surface area (Å²) in [6.07, 6.45) is 0.755. The van der Waals surface area contributed by atoms with Crippen LogP contribution in [-0.2, 0) is 4.79 Å². The van der Waals surface area contributed by atoms with Gasteiger partial charge in [-0.2, -0.15) is 0 Å². The second-order valence-corrected chi connectivity index (χ2v) is 6.89. The van der Waals surface area contributed by atoms with Gasteiger partial charge in [-0.15, -0.1) is 0 Å². The van der Waals surface area contributed by atoms with Crippen LogP contribution in [0.15, 0.2) is 30.3 Å². The van der Waals surface area contributed by atoms with Crippen LogP contribution in [0.4, 0.5) is 5.69 Å². The van der Waals surface area contributed by atoms with Gasteiger partial charge in [-0.25, -0.2) is 0 Å². The predicted octanol–water partition coefficient (Wildman–Crippen LogP) is 6.75. The van der Waals surface area contributed by atoms with E-state index in [-0.39, 0.29) is 12.3 Å². The van der Waals surface area contributed by atoms with Crippen molar-refractivity contribution in [1.29, 1.82) is 0 Å². The number of amides is 1. The molecule has 2 aromatic carbocycles. The number of carbonyl (C=O) groups excluding carboxylic acids is 1. The minimum Gasteiger partial charge on any atom is -0.492 e. The van der Waals surface area contributed by atoms with Gasteiger partial charge < -0.3 is 10.1 Å². The first kappa shape index (κ1) is 19.5. The van der Waals surface area contributed by atoms with Crippen LogP contribution in [0.5, 0.6) is 5.75 Å². The number of carbonyl (C=O) groups is 1. The van der Waals surface area contributed by atoms with Gasteiger partial charge in [0.25, 0.3) is 0 Å². The third-order valence-corrected chi connectivity index (χ3v) is 4.55. The number of hydrogen-bond acceptors (Lipinski definition) is 2. The monoisotopic (exact) mass is 425 g/mol. The van der Waals surface area contributed by atoms with Crippen molar-refractivity contribution in [3.8, 4) is 5.75 Å². The molecule has 24 heavy (non-hydrogen) atoms. The zero-order chi connectivity index (χ0) is 17.7. The van der Waals surface area contributed by atoms with Gasteiger partial charge in [0.05, 0.1) is 32.4 Å². The molecule has 2 rings (SSSR count). The van der Waals surface area contributed by atoms with E-state index in [1.807, 2.05) is 0 Å². The molecule has 0 bridgehead atoms. The molecule has 1 N–H and O–H groups in total. The number of nitrogens with one attached hydrogen (secondary N) is 1. The second kappa shape index (κ2) is 9.02. The summed E-state index contributed by atoms with van der Waals surface area (Å²) in [6, 6.07) is 7.94. The molecule has 2 aromatic rings. The first-order valence-corrected chi connectivity index (χ1v) is 8.78. The van der Waals surface area contributed by atoms with E-state index in [0.717, 1.165) is 0 Å². The molecule has 3 nitrogen and oxygen atoms in total. The molecule has 0 heterocycles. The van der Waals surface area contributed by atoms with Crippen LogP contribution in [-0.4, -0.2) is 12.5 Å². The number of benzene rings is 2. The third kappa shape index (κ3) is 5.61. The Morgan fingerprint density at radius 3 is 2.33 bits per heavy atom. The normalized spacial score (nSPS) is 10.5. The van der Waals surface area contributed by atoms with E-state index in [1.54, 1.807) is 18.2 Å². The summed E-state index contributed by atoms with van der Waals surface area (Å²) in [7, 11) is 0. The lowest BCUT2D eigenvalue weighted by Gasteiger charge is -2.10. The van der Waals surface area contributed by atoms with Gasteiger partial charge in [0.1, 0.15) is 5.75 Å². The quantitative estimate of drug-likeness (QED) is 0.409. The minimum absolute atomic E-state index is 0.207. The highest BCUT2D eigenvalue weighted by Crippen LogP contribution is 2.32. The maximum absolute atomic E-state index is 11.9. The second-order valence-electron chi connectivity index (χ2n) is 4.82. The maximum atomic E-state index is 11.9. The smallest absolute Gasteiger partial charge is 0.224 e. The van der Waals surface area contributed by atoms with Gasteiger partial charge in [0, 0.05) is 11.4 Å². The van der Waals surface area contributed by atoms with Gasteiger partial charge >= 0.3 is 0 Å². The molecule has 0 aliphatic rings. The fourth-order valence-electron chi connectivity index (χ4n) is 1.84. The number of rotatable bonds is 6. The van der Waals surface area contributed by atoms with Crippen molar-refractivity contribution >= 4 is 69.6 Å². The summed E-state index contributed by atoms with van der Waals surface area (Å²) in [5, 5.41) is 4.61. The number of anilines is 1. The van der Waals surface area contributed by atoms with E-state index >= 15 is 0 Å². The summed E-state index contributed by atoms with van der Waals surface area (Å²) >= 11 is 29.6. The predicted molar refractivity (Wildman–Crippen MR) is 101 cm³/mol. The summed E-state index contributed by atoms with van der Waals surface area (Å²) in [5.74, 6) is 0.315. The Labute approximate surface area is 164 Å². The lowest BCUT2D eigenvalue weighted by atomic mass is 10.2. The van der Waals surface area contributed by atoms with E-state index in [9.17, 15) is 4.79 Å². The van der Waals surface area contributed by atoms with Gasteiger partial charge in [0.2, 0.25) is 5.91 Å². The molecule has 0 atom stereocenters. The Bertz CT molecular complexity index is 751. The van der Waals surface area contributed by atoms with Crippen LogP contribution in [0.25, 0.3) is 0 Å². The van der Waals surface area contributed by atoms with Gasteiger partial charge in [-0.3, -0.25) is 4.79 Å². The van der Waals surface area contributed by atoms with Crippen molar-refractivity contribution in [1.82, 2.24) is 0 Å². The lowest BCUT2D eigenvalue weighted by Crippen LogP contribution is -2.13. The first-order chi connectivity index (χ1) is 11.4. The fourth-order valence-corrected chi connectivity index (χ4v) is 2.90. The average molecular weight is 428 g/mol. The zero-order valence-corrected chi connectivity index (χ0v) is 16.0. The van der Waals surface area contributed by atoms with Gasteiger partial charge in [0.15, 0.2) is 0 Å². The molecule has 0 aromatic heterocycles. The van der Waals surface area contributed by atoms with Crippen molar-refractivity contribution in [2.75, 3.05) is 11.9 Å². The van der Waals surface area contributed by atoms with Crippen LogP contribution >= 0.6 is 58.0 Å².